The van der Waals surface area contributed by atoms with Crippen molar-refractivity contribution in [1.82, 2.24) is 24.9 Å². The van der Waals surface area contributed by atoms with E-state index in [1.54, 1.807) is 0 Å². The number of nitrogens with zero attached hydrogens (tertiary/aromatic N) is 5. The van der Waals surface area contributed by atoms with Gasteiger partial charge < -0.3 is 0 Å². The Morgan fingerprint density at radius 3 is 2.54 bits per heavy atom. The lowest BCUT2D eigenvalue weighted by molar-refractivity contribution is 0.158. The van der Waals surface area contributed by atoms with E-state index in [1.165, 1.54) is 11.3 Å². The lowest BCUT2D eigenvalue weighted by Crippen LogP contribution is -2.35. The highest BCUT2D eigenvalue weighted by molar-refractivity contribution is 5.30. The number of pyridine rings is 1. The molecule has 2 aromatic heterocycles. The molecule has 0 radical (unpaired) electrons. The Kier molecular flexibility index (Phi) is 4.80. The number of aryl methyl sites for hydroxylation is 1. The van der Waals surface area contributed by atoms with Gasteiger partial charge in [-0.1, -0.05) is 29.5 Å². The number of aromatic nitrogens is 4. The summed E-state index contributed by atoms with van der Waals surface area (Å²) in [5.41, 5.74) is 4.66. The molecule has 26 heavy (non-hydrogen) atoms. The molecule has 0 amide bonds. The normalized spacial score (nSPS) is 17.3. The fraction of sp³-hybridized carbons (Fsp3) is 0.381. The van der Waals surface area contributed by atoms with Gasteiger partial charge in [0.25, 0.3) is 0 Å². The van der Waals surface area contributed by atoms with E-state index in [0.717, 1.165) is 37.3 Å². The summed E-state index contributed by atoms with van der Waals surface area (Å²) in [6, 6.07) is 14.6. The molecule has 3 heterocycles. The maximum atomic E-state index is 4.62. The molecule has 134 valence electrons. The van der Waals surface area contributed by atoms with Gasteiger partial charge in [0, 0.05) is 17.8 Å². The average molecular weight is 347 g/mol. The summed E-state index contributed by atoms with van der Waals surface area (Å²) in [6.45, 7) is 6.53. The Balaban J connectivity index is 1.42. The van der Waals surface area contributed by atoms with E-state index >= 15 is 0 Å². The molecule has 1 aliphatic rings. The molecule has 5 heteroatoms. The second-order valence-corrected chi connectivity index (χ2v) is 7.12. The SMILES string of the molecule is Cc1cccnc1C1CCN(C(C)c2cn(-c3ccccc3)nn2)CC1. The maximum absolute atomic E-state index is 4.62. The summed E-state index contributed by atoms with van der Waals surface area (Å²) in [5.74, 6) is 0.569. The fourth-order valence-electron chi connectivity index (χ4n) is 3.85. The largest absolute Gasteiger partial charge is 0.295 e. The van der Waals surface area contributed by atoms with Gasteiger partial charge in [0.1, 0.15) is 0 Å². The van der Waals surface area contributed by atoms with Crippen LogP contribution in [0.1, 0.15) is 48.7 Å². The second-order valence-electron chi connectivity index (χ2n) is 7.12. The summed E-state index contributed by atoms with van der Waals surface area (Å²) in [7, 11) is 0. The number of benzene rings is 1. The van der Waals surface area contributed by atoms with Crippen LogP contribution in [-0.4, -0.2) is 38.0 Å². The Labute approximate surface area is 154 Å². The summed E-state index contributed by atoms with van der Waals surface area (Å²) < 4.78 is 1.86. The Hall–Kier alpha value is -2.53. The second kappa shape index (κ2) is 7.38. The molecule has 1 aromatic carbocycles. The topological polar surface area (TPSA) is 46.8 Å². The fourth-order valence-corrected chi connectivity index (χ4v) is 3.85. The van der Waals surface area contributed by atoms with Gasteiger partial charge in [-0.2, -0.15) is 0 Å². The van der Waals surface area contributed by atoms with Crippen LogP contribution in [0.2, 0.25) is 0 Å². The average Bonchev–Trinajstić information content (AvgIpc) is 3.19. The van der Waals surface area contributed by atoms with Gasteiger partial charge in [0.15, 0.2) is 0 Å². The van der Waals surface area contributed by atoms with Crippen molar-refractivity contribution in [2.24, 2.45) is 0 Å². The number of para-hydroxylation sites is 1. The predicted octanol–water partition coefficient (Wildman–Crippen LogP) is 3.91. The standard InChI is InChI=1S/C21H25N5/c1-16-7-6-12-22-21(16)18-10-13-25(14-11-18)17(2)20-15-26(24-23-20)19-8-4-3-5-9-19/h3-9,12,15,17-18H,10-11,13-14H2,1-2H3. The first-order valence-corrected chi connectivity index (χ1v) is 9.35. The zero-order chi connectivity index (χ0) is 17.9. The molecule has 0 N–H and O–H groups in total. The van der Waals surface area contributed by atoms with Crippen molar-refractivity contribution in [1.29, 1.82) is 0 Å². The van der Waals surface area contributed by atoms with Gasteiger partial charge in [-0.3, -0.25) is 9.88 Å². The predicted molar refractivity (Wildman–Crippen MR) is 102 cm³/mol. The van der Waals surface area contributed by atoms with Gasteiger partial charge in [0.05, 0.1) is 23.6 Å². The van der Waals surface area contributed by atoms with Crippen molar-refractivity contribution in [2.75, 3.05) is 13.1 Å². The highest BCUT2D eigenvalue weighted by atomic mass is 15.4. The van der Waals surface area contributed by atoms with E-state index in [0.29, 0.717) is 5.92 Å². The molecule has 1 saturated heterocycles. The molecule has 3 aromatic rings. The van der Waals surface area contributed by atoms with Crippen molar-refractivity contribution in [2.45, 2.75) is 38.6 Å². The van der Waals surface area contributed by atoms with Crippen LogP contribution in [0.15, 0.2) is 54.9 Å². The Morgan fingerprint density at radius 1 is 1.04 bits per heavy atom. The van der Waals surface area contributed by atoms with Crippen LogP contribution in [0.3, 0.4) is 0 Å². The molecule has 0 aliphatic carbocycles. The van der Waals surface area contributed by atoms with E-state index in [9.17, 15) is 0 Å². The third-order valence-corrected chi connectivity index (χ3v) is 5.47. The first-order chi connectivity index (χ1) is 12.7. The highest BCUT2D eigenvalue weighted by Crippen LogP contribution is 2.32. The molecule has 0 bridgehead atoms. The Morgan fingerprint density at radius 2 is 1.81 bits per heavy atom. The van der Waals surface area contributed by atoms with Gasteiger partial charge in [-0.15, -0.1) is 5.10 Å². The zero-order valence-corrected chi connectivity index (χ0v) is 15.4. The van der Waals surface area contributed by atoms with Gasteiger partial charge >= 0.3 is 0 Å². The number of rotatable bonds is 4. The van der Waals surface area contributed by atoms with E-state index in [1.807, 2.05) is 47.3 Å². The Bertz CT molecular complexity index is 850. The molecule has 1 aliphatic heterocycles. The van der Waals surface area contributed by atoms with Crippen molar-refractivity contribution in [3.63, 3.8) is 0 Å². The van der Waals surface area contributed by atoms with Crippen LogP contribution < -0.4 is 0 Å². The molecule has 1 atom stereocenters. The zero-order valence-electron chi connectivity index (χ0n) is 15.4. The molecule has 1 unspecified atom stereocenters. The van der Waals surface area contributed by atoms with Crippen LogP contribution in [-0.2, 0) is 0 Å². The number of hydrogen-bond acceptors (Lipinski definition) is 4. The molecule has 1 fully saturated rings. The van der Waals surface area contributed by atoms with E-state index in [2.05, 4.69) is 46.3 Å². The summed E-state index contributed by atoms with van der Waals surface area (Å²) in [6.07, 6.45) is 6.26. The first kappa shape index (κ1) is 16.9. The third-order valence-electron chi connectivity index (χ3n) is 5.47. The van der Waals surface area contributed by atoms with E-state index in [4.69, 9.17) is 0 Å². The van der Waals surface area contributed by atoms with Crippen LogP contribution in [0.4, 0.5) is 0 Å². The monoisotopic (exact) mass is 347 g/mol. The molecular formula is C21H25N5. The van der Waals surface area contributed by atoms with E-state index in [-0.39, 0.29) is 6.04 Å². The minimum atomic E-state index is 0.276. The van der Waals surface area contributed by atoms with Crippen molar-refractivity contribution < 1.29 is 0 Å². The third kappa shape index (κ3) is 3.40. The van der Waals surface area contributed by atoms with Gasteiger partial charge in [-0.05, 0) is 63.5 Å². The van der Waals surface area contributed by atoms with Crippen molar-refractivity contribution in [3.8, 4) is 5.69 Å². The molecular weight excluding hydrogens is 322 g/mol. The number of likely N-dealkylation sites (tertiary alicyclic amines) is 1. The molecule has 5 nitrogen and oxygen atoms in total. The lowest BCUT2D eigenvalue weighted by atomic mass is 9.90. The van der Waals surface area contributed by atoms with Crippen LogP contribution in [0, 0.1) is 6.92 Å². The molecule has 0 saturated carbocycles. The molecule has 0 spiro atoms. The summed E-state index contributed by atoms with van der Waals surface area (Å²) in [5, 5.41) is 8.72. The highest BCUT2D eigenvalue weighted by Gasteiger charge is 2.27. The quantitative estimate of drug-likeness (QED) is 0.718. The van der Waals surface area contributed by atoms with Crippen molar-refractivity contribution >= 4 is 0 Å². The number of piperidine rings is 1. The van der Waals surface area contributed by atoms with Gasteiger partial charge in [0.2, 0.25) is 0 Å². The maximum Gasteiger partial charge on any atom is 0.1000 e. The lowest BCUT2D eigenvalue weighted by Gasteiger charge is -2.35. The van der Waals surface area contributed by atoms with Crippen molar-refractivity contribution in [3.05, 3.63) is 71.8 Å². The molecule has 4 rings (SSSR count). The summed E-state index contributed by atoms with van der Waals surface area (Å²) >= 11 is 0. The van der Waals surface area contributed by atoms with Crippen LogP contribution in [0.5, 0.6) is 0 Å². The smallest absolute Gasteiger partial charge is 0.1000 e. The minimum absolute atomic E-state index is 0.276. The first-order valence-electron chi connectivity index (χ1n) is 9.35. The van der Waals surface area contributed by atoms with Gasteiger partial charge in [-0.25, -0.2) is 4.68 Å². The minimum Gasteiger partial charge on any atom is -0.295 e. The number of hydrogen-bond donors (Lipinski definition) is 0. The van der Waals surface area contributed by atoms with E-state index < -0.39 is 0 Å². The van der Waals surface area contributed by atoms with Crippen LogP contribution in [0.25, 0.3) is 5.69 Å². The summed E-state index contributed by atoms with van der Waals surface area (Å²) in [4.78, 5) is 7.13. The van der Waals surface area contributed by atoms with Crippen LogP contribution >= 0.6 is 0 Å².